The third kappa shape index (κ3) is 5.68. The monoisotopic (exact) mass is 241 g/mol. The molecule has 1 heterocycles. The van der Waals surface area contributed by atoms with Crippen LogP contribution in [0, 0.1) is 0 Å². The zero-order valence-corrected chi connectivity index (χ0v) is 10.7. The summed E-state index contributed by atoms with van der Waals surface area (Å²) in [6.07, 6.45) is 3.37. The molecular formula is C12H23N3O2. The Morgan fingerprint density at radius 3 is 2.94 bits per heavy atom. The molecule has 5 nitrogen and oxygen atoms in total. The quantitative estimate of drug-likeness (QED) is 0.642. The van der Waals surface area contributed by atoms with Gasteiger partial charge in [-0.15, -0.1) is 0 Å². The molecule has 1 rings (SSSR count). The summed E-state index contributed by atoms with van der Waals surface area (Å²) in [6.45, 7) is 5.19. The van der Waals surface area contributed by atoms with E-state index < -0.39 is 0 Å². The molecule has 98 valence electrons. The molecule has 0 aliphatic carbocycles. The van der Waals surface area contributed by atoms with E-state index in [1.807, 2.05) is 13.8 Å². The zero-order chi connectivity index (χ0) is 12.7. The second kappa shape index (κ2) is 7.27. The molecule has 2 amide bonds. The highest BCUT2D eigenvalue weighted by Crippen LogP contribution is 2.05. The highest BCUT2D eigenvalue weighted by atomic mass is 16.2. The van der Waals surface area contributed by atoms with Gasteiger partial charge in [0.1, 0.15) is 0 Å². The van der Waals surface area contributed by atoms with Crippen LogP contribution in [0.4, 0.5) is 0 Å². The van der Waals surface area contributed by atoms with Gasteiger partial charge in [0.05, 0.1) is 6.04 Å². The van der Waals surface area contributed by atoms with Crippen molar-refractivity contribution in [2.45, 2.75) is 51.6 Å². The van der Waals surface area contributed by atoms with Crippen molar-refractivity contribution < 1.29 is 9.59 Å². The van der Waals surface area contributed by atoms with Gasteiger partial charge < -0.3 is 16.0 Å². The predicted molar refractivity (Wildman–Crippen MR) is 66.5 cm³/mol. The molecule has 1 aliphatic rings. The van der Waals surface area contributed by atoms with Gasteiger partial charge in [-0.3, -0.25) is 9.59 Å². The number of carbonyl (C=O) groups is 2. The predicted octanol–water partition coefficient (Wildman–Crippen LogP) is 0.159. The molecular weight excluding hydrogens is 218 g/mol. The number of nitrogens with one attached hydrogen (secondary N) is 3. The standard InChI is InChI=1S/C12H23N3O2/c1-9(2)15-11(16)6-8-13-10-5-3-4-7-14-12(10)17/h9-10,13H,3-8H2,1-2H3,(H,14,17)(H,15,16). The van der Waals surface area contributed by atoms with Crippen LogP contribution < -0.4 is 16.0 Å². The van der Waals surface area contributed by atoms with E-state index in [2.05, 4.69) is 16.0 Å². The Labute approximate surface area is 103 Å². The van der Waals surface area contributed by atoms with Gasteiger partial charge in [0.2, 0.25) is 11.8 Å². The normalized spacial score (nSPS) is 20.9. The molecule has 0 aromatic rings. The first-order valence-corrected chi connectivity index (χ1v) is 6.40. The minimum Gasteiger partial charge on any atom is -0.355 e. The lowest BCUT2D eigenvalue weighted by Gasteiger charge is -2.15. The number of rotatable bonds is 5. The summed E-state index contributed by atoms with van der Waals surface area (Å²) in [5.74, 6) is 0.0910. The molecule has 1 saturated heterocycles. The van der Waals surface area contributed by atoms with Crippen molar-refractivity contribution in [3.05, 3.63) is 0 Å². The Bertz CT molecular complexity index is 266. The molecule has 3 N–H and O–H groups in total. The van der Waals surface area contributed by atoms with Gasteiger partial charge in [0.25, 0.3) is 0 Å². The molecule has 0 spiro atoms. The fourth-order valence-electron chi connectivity index (χ4n) is 1.89. The lowest BCUT2D eigenvalue weighted by Crippen LogP contribution is -2.44. The van der Waals surface area contributed by atoms with Crippen LogP contribution in [0.5, 0.6) is 0 Å². The Morgan fingerprint density at radius 1 is 1.47 bits per heavy atom. The second-order valence-corrected chi connectivity index (χ2v) is 4.77. The third-order valence-electron chi connectivity index (χ3n) is 2.73. The molecule has 17 heavy (non-hydrogen) atoms. The van der Waals surface area contributed by atoms with E-state index in [0.717, 1.165) is 25.8 Å². The van der Waals surface area contributed by atoms with E-state index in [1.165, 1.54) is 0 Å². The smallest absolute Gasteiger partial charge is 0.237 e. The molecule has 1 unspecified atom stereocenters. The summed E-state index contributed by atoms with van der Waals surface area (Å²) in [5.41, 5.74) is 0. The molecule has 1 fully saturated rings. The van der Waals surface area contributed by atoms with Crippen LogP contribution >= 0.6 is 0 Å². The van der Waals surface area contributed by atoms with Gasteiger partial charge in [-0.2, -0.15) is 0 Å². The number of hydrogen-bond acceptors (Lipinski definition) is 3. The lowest BCUT2D eigenvalue weighted by atomic mass is 10.1. The topological polar surface area (TPSA) is 70.2 Å². The van der Waals surface area contributed by atoms with Crippen molar-refractivity contribution in [3.8, 4) is 0 Å². The van der Waals surface area contributed by atoms with Crippen LogP contribution in [0.25, 0.3) is 0 Å². The van der Waals surface area contributed by atoms with Crippen LogP contribution in [0.3, 0.4) is 0 Å². The number of amides is 2. The highest BCUT2D eigenvalue weighted by Gasteiger charge is 2.19. The minimum absolute atomic E-state index is 0.0292. The SMILES string of the molecule is CC(C)NC(=O)CCNC1CCCCNC1=O. The van der Waals surface area contributed by atoms with Gasteiger partial charge in [0, 0.05) is 25.6 Å². The minimum atomic E-state index is -0.135. The van der Waals surface area contributed by atoms with Gasteiger partial charge in [-0.05, 0) is 33.1 Å². The molecule has 0 aromatic heterocycles. The van der Waals surface area contributed by atoms with Crippen molar-refractivity contribution in [1.29, 1.82) is 0 Å². The van der Waals surface area contributed by atoms with Gasteiger partial charge in [-0.1, -0.05) is 0 Å². The summed E-state index contributed by atoms with van der Waals surface area (Å²) in [5, 5.41) is 8.83. The summed E-state index contributed by atoms with van der Waals surface area (Å²) in [7, 11) is 0. The largest absolute Gasteiger partial charge is 0.355 e. The molecule has 0 aromatic carbocycles. The van der Waals surface area contributed by atoms with Crippen LogP contribution in [0.1, 0.15) is 39.5 Å². The molecule has 5 heteroatoms. The first-order valence-electron chi connectivity index (χ1n) is 6.40. The van der Waals surface area contributed by atoms with E-state index in [-0.39, 0.29) is 23.9 Å². The van der Waals surface area contributed by atoms with E-state index >= 15 is 0 Å². The van der Waals surface area contributed by atoms with Gasteiger partial charge in [-0.25, -0.2) is 0 Å². The van der Waals surface area contributed by atoms with Crippen LogP contribution in [-0.2, 0) is 9.59 Å². The summed E-state index contributed by atoms with van der Waals surface area (Å²) < 4.78 is 0. The first kappa shape index (κ1) is 14.0. The summed E-state index contributed by atoms with van der Waals surface area (Å²) in [4.78, 5) is 23.0. The molecule has 1 aliphatic heterocycles. The first-order chi connectivity index (χ1) is 8.09. The van der Waals surface area contributed by atoms with Crippen molar-refractivity contribution in [2.24, 2.45) is 0 Å². The Hall–Kier alpha value is -1.10. The fourth-order valence-corrected chi connectivity index (χ4v) is 1.89. The molecule has 0 radical (unpaired) electrons. The summed E-state index contributed by atoms with van der Waals surface area (Å²) in [6, 6.07) is 0.0352. The Kier molecular flexibility index (Phi) is 5.97. The average Bonchev–Trinajstić information content (AvgIpc) is 2.43. The Morgan fingerprint density at radius 2 is 2.24 bits per heavy atom. The van der Waals surface area contributed by atoms with Gasteiger partial charge in [0.15, 0.2) is 0 Å². The number of hydrogen-bond donors (Lipinski definition) is 3. The van der Waals surface area contributed by atoms with Crippen molar-refractivity contribution in [3.63, 3.8) is 0 Å². The van der Waals surface area contributed by atoms with Crippen LogP contribution in [-0.4, -0.2) is 37.0 Å². The third-order valence-corrected chi connectivity index (χ3v) is 2.73. The fraction of sp³-hybridized carbons (Fsp3) is 0.833. The van der Waals surface area contributed by atoms with Crippen LogP contribution in [0.2, 0.25) is 0 Å². The maximum Gasteiger partial charge on any atom is 0.237 e. The van der Waals surface area contributed by atoms with Crippen molar-refractivity contribution in [1.82, 2.24) is 16.0 Å². The summed E-state index contributed by atoms with van der Waals surface area (Å²) >= 11 is 0. The maximum absolute atomic E-state index is 11.6. The lowest BCUT2D eigenvalue weighted by molar-refractivity contribution is -0.124. The van der Waals surface area contributed by atoms with E-state index in [9.17, 15) is 9.59 Å². The van der Waals surface area contributed by atoms with Crippen molar-refractivity contribution >= 4 is 11.8 Å². The van der Waals surface area contributed by atoms with E-state index in [0.29, 0.717) is 13.0 Å². The number of carbonyl (C=O) groups excluding carboxylic acids is 2. The zero-order valence-electron chi connectivity index (χ0n) is 10.7. The second-order valence-electron chi connectivity index (χ2n) is 4.77. The van der Waals surface area contributed by atoms with Crippen molar-refractivity contribution in [2.75, 3.05) is 13.1 Å². The van der Waals surface area contributed by atoms with Gasteiger partial charge >= 0.3 is 0 Å². The maximum atomic E-state index is 11.6. The molecule has 0 saturated carbocycles. The molecule has 1 atom stereocenters. The van der Waals surface area contributed by atoms with E-state index in [4.69, 9.17) is 0 Å². The van der Waals surface area contributed by atoms with E-state index in [1.54, 1.807) is 0 Å². The highest BCUT2D eigenvalue weighted by molar-refractivity contribution is 5.82. The van der Waals surface area contributed by atoms with Crippen LogP contribution in [0.15, 0.2) is 0 Å². The molecule has 0 bridgehead atoms. The average molecular weight is 241 g/mol. The Balaban J connectivity index is 2.20.